The minimum Gasteiger partial charge on any atom is -0.327 e. The molecule has 0 radical (unpaired) electrons. The van der Waals surface area contributed by atoms with Crippen LogP contribution < -0.4 is 5.73 Å². The van der Waals surface area contributed by atoms with Gasteiger partial charge in [0, 0.05) is 36.8 Å². The normalized spacial score (nSPS) is 22.6. The summed E-state index contributed by atoms with van der Waals surface area (Å²) < 4.78 is 0. The van der Waals surface area contributed by atoms with E-state index in [2.05, 4.69) is 61.0 Å². The van der Waals surface area contributed by atoms with Gasteiger partial charge in [-0.15, -0.1) is 0 Å². The molecule has 21 heavy (non-hydrogen) atoms. The zero-order valence-corrected chi connectivity index (χ0v) is 13.3. The van der Waals surface area contributed by atoms with Crippen LogP contribution in [-0.2, 0) is 6.54 Å². The summed E-state index contributed by atoms with van der Waals surface area (Å²) in [5.74, 6) is 0. The fourth-order valence-corrected chi connectivity index (χ4v) is 3.39. The molecule has 1 unspecified atom stereocenters. The van der Waals surface area contributed by atoms with E-state index in [1.54, 1.807) is 0 Å². The van der Waals surface area contributed by atoms with Crippen molar-refractivity contribution in [1.82, 2.24) is 9.88 Å². The van der Waals surface area contributed by atoms with E-state index in [1.807, 2.05) is 0 Å². The number of aryl methyl sites for hydroxylation is 1. The first kappa shape index (κ1) is 14.5. The fraction of sp³-hybridized carbons (Fsp3) is 0.500. The number of benzene rings is 1. The van der Waals surface area contributed by atoms with Gasteiger partial charge in [-0.3, -0.25) is 9.88 Å². The highest BCUT2D eigenvalue weighted by Crippen LogP contribution is 2.29. The number of pyridine rings is 1. The predicted molar refractivity (Wildman–Crippen MR) is 88.1 cm³/mol. The van der Waals surface area contributed by atoms with Crippen molar-refractivity contribution in [2.75, 3.05) is 13.1 Å². The number of hydrogen-bond acceptors (Lipinski definition) is 3. The molecule has 2 heterocycles. The number of nitrogens with zero attached hydrogens (tertiary/aromatic N) is 2. The smallest absolute Gasteiger partial charge is 0.0708 e. The maximum absolute atomic E-state index is 6.25. The van der Waals surface area contributed by atoms with Gasteiger partial charge in [0.1, 0.15) is 0 Å². The Morgan fingerprint density at radius 3 is 2.86 bits per heavy atom. The van der Waals surface area contributed by atoms with Gasteiger partial charge < -0.3 is 5.73 Å². The summed E-state index contributed by atoms with van der Waals surface area (Å²) in [6, 6.07) is 11.0. The van der Waals surface area contributed by atoms with Crippen molar-refractivity contribution in [1.29, 1.82) is 0 Å². The van der Waals surface area contributed by atoms with Crippen molar-refractivity contribution >= 4 is 10.9 Å². The lowest BCUT2D eigenvalue weighted by Crippen LogP contribution is -2.52. The van der Waals surface area contributed by atoms with Crippen LogP contribution in [0.15, 0.2) is 30.3 Å². The van der Waals surface area contributed by atoms with Crippen LogP contribution in [0, 0.1) is 12.3 Å². The summed E-state index contributed by atoms with van der Waals surface area (Å²) in [5, 5.41) is 1.27. The maximum Gasteiger partial charge on any atom is 0.0708 e. The van der Waals surface area contributed by atoms with Crippen LogP contribution >= 0.6 is 0 Å². The molecule has 3 rings (SSSR count). The van der Waals surface area contributed by atoms with Crippen LogP contribution in [-0.4, -0.2) is 29.0 Å². The number of hydrogen-bond donors (Lipinski definition) is 1. The van der Waals surface area contributed by atoms with Crippen LogP contribution in [0.25, 0.3) is 10.9 Å². The maximum atomic E-state index is 6.25. The van der Waals surface area contributed by atoms with Crippen molar-refractivity contribution in [2.45, 2.75) is 39.8 Å². The molecule has 112 valence electrons. The average molecular weight is 283 g/mol. The number of nitrogens with two attached hydrogens (primary N) is 1. The minimum absolute atomic E-state index is 0.191. The van der Waals surface area contributed by atoms with Crippen molar-refractivity contribution in [3.05, 3.63) is 41.6 Å². The van der Waals surface area contributed by atoms with Gasteiger partial charge in [-0.2, -0.15) is 0 Å². The second-order valence-corrected chi connectivity index (χ2v) is 7.03. The van der Waals surface area contributed by atoms with Crippen molar-refractivity contribution in [2.24, 2.45) is 11.1 Å². The lowest BCUT2D eigenvalue weighted by molar-refractivity contribution is 0.0902. The molecule has 1 aromatic carbocycles. The molecule has 1 aromatic heterocycles. The zero-order valence-electron chi connectivity index (χ0n) is 13.3. The Hall–Kier alpha value is -1.45. The highest BCUT2D eigenvalue weighted by atomic mass is 15.1. The molecular formula is C18H25N3. The van der Waals surface area contributed by atoms with E-state index < -0.39 is 0 Å². The molecule has 1 saturated heterocycles. The van der Waals surface area contributed by atoms with Crippen LogP contribution in [0.2, 0.25) is 0 Å². The number of piperidine rings is 1. The molecule has 3 nitrogen and oxygen atoms in total. The average Bonchev–Trinajstić information content (AvgIpc) is 2.42. The summed E-state index contributed by atoms with van der Waals surface area (Å²) in [4.78, 5) is 7.16. The van der Waals surface area contributed by atoms with Gasteiger partial charge in [0.05, 0.1) is 5.52 Å². The van der Waals surface area contributed by atoms with Gasteiger partial charge in [0.2, 0.25) is 0 Å². The Morgan fingerprint density at radius 1 is 1.33 bits per heavy atom. The molecule has 1 aliphatic heterocycles. The molecule has 1 atom stereocenters. The summed E-state index contributed by atoms with van der Waals surface area (Å²) >= 11 is 0. The molecule has 2 N–H and O–H groups in total. The van der Waals surface area contributed by atoms with E-state index in [4.69, 9.17) is 5.73 Å². The molecule has 3 heteroatoms. The van der Waals surface area contributed by atoms with Crippen molar-refractivity contribution in [3.8, 4) is 0 Å². The van der Waals surface area contributed by atoms with E-state index >= 15 is 0 Å². The molecule has 0 saturated carbocycles. The number of fused-ring (bicyclic) bond motifs is 1. The van der Waals surface area contributed by atoms with Gasteiger partial charge in [-0.25, -0.2) is 0 Å². The van der Waals surface area contributed by atoms with Crippen LogP contribution in [0.3, 0.4) is 0 Å². The number of rotatable bonds is 2. The highest BCUT2D eigenvalue weighted by molar-refractivity contribution is 5.82. The van der Waals surface area contributed by atoms with Gasteiger partial charge in [0.15, 0.2) is 0 Å². The zero-order chi connectivity index (χ0) is 15.0. The first-order valence-electron chi connectivity index (χ1n) is 7.79. The molecule has 2 aromatic rings. The Balaban J connectivity index is 1.88. The monoisotopic (exact) mass is 283 g/mol. The Bertz CT molecular complexity index is 648. The standard InChI is InChI=1S/C18H25N3/c1-13-10-14(15-6-4-5-7-16(15)20-13)11-21-9-8-17(19)18(2,3)12-21/h4-7,10,17H,8-9,11-12,19H2,1-3H3. The largest absolute Gasteiger partial charge is 0.327 e. The molecule has 0 aliphatic carbocycles. The van der Waals surface area contributed by atoms with Crippen LogP contribution in [0.1, 0.15) is 31.5 Å². The summed E-state index contributed by atoms with van der Waals surface area (Å²) in [6.07, 6.45) is 1.08. The quantitative estimate of drug-likeness (QED) is 0.921. The number of para-hydroxylation sites is 1. The second kappa shape index (κ2) is 5.39. The number of likely N-dealkylation sites (tertiary alicyclic amines) is 1. The minimum atomic E-state index is 0.191. The lowest BCUT2D eigenvalue weighted by Gasteiger charge is -2.42. The van der Waals surface area contributed by atoms with Crippen molar-refractivity contribution < 1.29 is 0 Å². The predicted octanol–water partition coefficient (Wildman–Crippen LogP) is 3.10. The summed E-state index contributed by atoms with van der Waals surface area (Å²) in [7, 11) is 0. The third kappa shape index (κ3) is 2.94. The SMILES string of the molecule is Cc1cc(CN2CCC(N)C(C)(C)C2)c2ccccc2n1. The van der Waals surface area contributed by atoms with Crippen molar-refractivity contribution in [3.63, 3.8) is 0 Å². The fourth-order valence-electron chi connectivity index (χ4n) is 3.39. The van der Waals surface area contributed by atoms with E-state index in [0.29, 0.717) is 6.04 Å². The van der Waals surface area contributed by atoms with E-state index in [-0.39, 0.29) is 5.41 Å². The van der Waals surface area contributed by atoms with Gasteiger partial charge in [-0.05, 0) is 36.5 Å². The summed E-state index contributed by atoms with van der Waals surface area (Å²) in [5.41, 5.74) is 10.0. The van der Waals surface area contributed by atoms with Crippen LogP contribution in [0.5, 0.6) is 0 Å². The molecule has 1 aliphatic rings. The Labute approximate surface area is 127 Å². The number of aromatic nitrogens is 1. The summed E-state index contributed by atoms with van der Waals surface area (Å²) in [6.45, 7) is 9.76. The molecular weight excluding hydrogens is 258 g/mol. The van der Waals surface area contributed by atoms with E-state index in [1.165, 1.54) is 10.9 Å². The molecule has 0 bridgehead atoms. The van der Waals surface area contributed by atoms with Gasteiger partial charge >= 0.3 is 0 Å². The molecule has 0 amide bonds. The molecule has 1 fully saturated rings. The topological polar surface area (TPSA) is 42.1 Å². The second-order valence-electron chi connectivity index (χ2n) is 7.03. The third-order valence-corrected chi connectivity index (χ3v) is 4.72. The Morgan fingerprint density at radius 2 is 2.10 bits per heavy atom. The molecule has 0 spiro atoms. The first-order valence-corrected chi connectivity index (χ1v) is 7.79. The van der Waals surface area contributed by atoms with Gasteiger partial charge in [0.25, 0.3) is 0 Å². The lowest BCUT2D eigenvalue weighted by atomic mass is 9.79. The highest BCUT2D eigenvalue weighted by Gasteiger charge is 2.33. The Kier molecular flexibility index (Phi) is 3.72. The van der Waals surface area contributed by atoms with Crippen LogP contribution in [0.4, 0.5) is 0 Å². The third-order valence-electron chi connectivity index (χ3n) is 4.72. The van der Waals surface area contributed by atoms with Gasteiger partial charge in [-0.1, -0.05) is 32.0 Å². The van der Waals surface area contributed by atoms with E-state index in [9.17, 15) is 0 Å². The first-order chi connectivity index (χ1) is 9.95. The van der Waals surface area contributed by atoms with E-state index in [0.717, 1.165) is 37.3 Å².